The summed E-state index contributed by atoms with van der Waals surface area (Å²) in [4.78, 5) is 15.8. The summed E-state index contributed by atoms with van der Waals surface area (Å²) in [5.41, 5.74) is 0. The molecule has 0 N–H and O–H groups in total. The molecule has 0 radical (unpaired) electrons. The van der Waals surface area contributed by atoms with E-state index in [2.05, 4.69) is 4.90 Å². The standard InChI is InChI=1S/C11H20N2O2/c1-2-13-6-5-12(9-11(13)14)8-10-4-3-7-15-10/h10H,2-9H2,1H3. The van der Waals surface area contributed by atoms with Gasteiger partial charge in [-0.1, -0.05) is 0 Å². The van der Waals surface area contributed by atoms with Crippen molar-refractivity contribution in [2.45, 2.75) is 25.9 Å². The van der Waals surface area contributed by atoms with Gasteiger partial charge in [0.2, 0.25) is 5.91 Å². The average Bonchev–Trinajstić information content (AvgIpc) is 2.71. The largest absolute Gasteiger partial charge is 0.377 e. The third-order valence-electron chi connectivity index (χ3n) is 3.27. The lowest BCUT2D eigenvalue weighted by atomic mass is 10.2. The number of nitrogens with zero attached hydrogens (tertiary/aromatic N) is 2. The fraction of sp³-hybridized carbons (Fsp3) is 0.909. The Labute approximate surface area is 91.2 Å². The van der Waals surface area contributed by atoms with Crippen molar-refractivity contribution < 1.29 is 9.53 Å². The highest BCUT2D eigenvalue weighted by molar-refractivity contribution is 5.78. The molecule has 0 spiro atoms. The van der Waals surface area contributed by atoms with Crippen molar-refractivity contribution in [2.24, 2.45) is 0 Å². The van der Waals surface area contributed by atoms with Crippen LogP contribution in [0.5, 0.6) is 0 Å². The second-order valence-electron chi connectivity index (χ2n) is 4.34. The molecule has 1 unspecified atom stereocenters. The van der Waals surface area contributed by atoms with E-state index < -0.39 is 0 Å². The van der Waals surface area contributed by atoms with Crippen LogP contribution in [0.15, 0.2) is 0 Å². The number of piperazine rings is 1. The van der Waals surface area contributed by atoms with Crippen LogP contribution >= 0.6 is 0 Å². The van der Waals surface area contributed by atoms with Gasteiger partial charge in [-0.3, -0.25) is 9.69 Å². The fourth-order valence-electron chi connectivity index (χ4n) is 2.32. The number of hydrogen-bond donors (Lipinski definition) is 0. The lowest BCUT2D eigenvalue weighted by molar-refractivity contribution is -0.136. The van der Waals surface area contributed by atoms with Crippen LogP contribution in [0.1, 0.15) is 19.8 Å². The topological polar surface area (TPSA) is 32.8 Å². The van der Waals surface area contributed by atoms with E-state index in [1.165, 1.54) is 6.42 Å². The molecule has 2 aliphatic heterocycles. The fourth-order valence-corrected chi connectivity index (χ4v) is 2.32. The Morgan fingerprint density at radius 3 is 2.93 bits per heavy atom. The third kappa shape index (κ3) is 2.69. The first-order chi connectivity index (χ1) is 7.29. The van der Waals surface area contributed by atoms with Gasteiger partial charge in [0.05, 0.1) is 12.6 Å². The zero-order valence-corrected chi connectivity index (χ0v) is 9.45. The lowest BCUT2D eigenvalue weighted by Gasteiger charge is -2.34. The van der Waals surface area contributed by atoms with Gasteiger partial charge in [-0.15, -0.1) is 0 Å². The molecule has 2 saturated heterocycles. The van der Waals surface area contributed by atoms with Crippen LogP contribution < -0.4 is 0 Å². The van der Waals surface area contributed by atoms with Gasteiger partial charge in [0, 0.05) is 32.8 Å². The second-order valence-corrected chi connectivity index (χ2v) is 4.34. The van der Waals surface area contributed by atoms with Gasteiger partial charge in [-0.05, 0) is 19.8 Å². The average molecular weight is 212 g/mol. The zero-order valence-electron chi connectivity index (χ0n) is 9.45. The van der Waals surface area contributed by atoms with Gasteiger partial charge < -0.3 is 9.64 Å². The molecular formula is C11H20N2O2. The minimum atomic E-state index is 0.266. The normalized spacial score (nSPS) is 28.7. The summed E-state index contributed by atoms with van der Waals surface area (Å²) >= 11 is 0. The van der Waals surface area contributed by atoms with Gasteiger partial charge in [0.1, 0.15) is 0 Å². The molecule has 2 fully saturated rings. The summed E-state index contributed by atoms with van der Waals surface area (Å²) in [5.74, 6) is 0.266. The number of carbonyl (C=O) groups is 1. The molecule has 0 aromatic rings. The van der Waals surface area contributed by atoms with Crippen LogP contribution in [-0.4, -0.2) is 61.1 Å². The number of likely N-dealkylation sites (N-methyl/N-ethyl adjacent to an activating group) is 1. The van der Waals surface area contributed by atoms with E-state index in [9.17, 15) is 4.79 Å². The molecule has 4 heteroatoms. The van der Waals surface area contributed by atoms with E-state index in [1.807, 2.05) is 11.8 Å². The summed E-state index contributed by atoms with van der Waals surface area (Å²) in [6.07, 6.45) is 2.70. The molecule has 0 aliphatic carbocycles. The second kappa shape index (κ2) is 4.94. The highest BCUT2D eigenvalue weighted by Gasteiger charge is 2.26. The molecule has 1 atom stereocenters. The van der Waals surface area contributed by atoms with Crippen LogP contribution in [0.3, 0.4) is 0 Å². The quantitative estimate of drug-likeness (QED) is 0.676. The van der Waals surface area contributed by atoms with E-state index in [0.717, 1.165) is 39.2 Å². The first-order valence-electron chi connectivity index (χ1n) is 5.91. The Morgan fingerprint density at radius 2 is 2.33 bits per heavy atom. The molecule has 0 aromatic carbocycles. The molecule has 86 valence electrons. The van der Waals surface area contributed by atoms with E-state index in [-0.39, 0.29) is 5.91 Å². The van der Waals surface area contributed by atoms with Gasteiger partial charge in [0.15, 0.2) is 0 Å². The van der Waals surface area contributed by atoms with E-state index in [4.69, 9.17) is 4.74 Å². The van der Waals surface area contributed by atoms with E-state index in [1.54, 1.807) is 0 Å². The maximum Gasteiger partial charge on any atom is 0.236 e. The minimum absolute atomic E-state index is 0.266. The van der Waals surface area contributed by atoms with Gasteiger partial charge in [-0.25, -0.2) is 0 Å². The summed E-state index contributed by atoms with van der Waals surface area (Å²) in [6, 6.07) is 0. The van der Waals surface area contributed by atoms with Crippen molar-refractivity contribution in [2.75, 3.05) is 39.3 Å². The van der Waals surface area contributed by atoms with Gasteiger partial charge >= 0.3 is 0 Å². The Bertz CT molecular complexity index is 227. The Balaban J connectivity index is 1.77. The van der Waals surface area contributed by atoms with E-state index >= 15 is 0 Å². The van der Waals surface area contributed by atoms with Gasteiger partial charge in [-0.2, -0.15) is 0 Å². The summed E-state index contributed by atoms with van der Waals surface area (Å²) in [6.45, 7) is 7.16. The summed E-state index contributed by atoms with van der Waals surface area (Å²) in [5, 5.41) is 0. The number of rotatable bonds is 3. The predicted molar refractivity (Wildman–Crippen MR) is 57.7 cm³/mol. The van der Waals surface area contributed by atoms with Crippen LogP contribution in [0, 0.1) is 0 Å². The Hall–Kier alpha value is -0.610. The van der Waals surface area contributed by atoms with Crippen molar-refractivity contribution in [3.05, 3.63) is 0 Å². The molecule has 2 heterocycles. The Morgan fingerprint density at radius 1 is 1.47 bits per heavy atom. The molecular weight excluding hydrogens is 192 g/mol. The SMILES string of the molecule is CCN1CCN(CC2CCCO2)CC1=O. The van der Waals surface area contributed by atoms with Crippen molar-refractivity contribution in [3.63, 3.8) is 0 Å². The molecule has 2 aliphatic rings. The van der Waals surface area contributed by atoms with Crippen LogP contribution in [0.4, 0.5) is 0 Å². The molecule has 4 nitrogen and oxygen atoms in total. The van der Waals surface area contributed by atoms with Crippen molar-refractivity contribution in [3.8, 4) is 0 Å². The summed E-state index contributed by atoms with van der Waals surface area (Å²) in [7, 11) is 0. The smallest absolute Gasteiger partial charge is 0.236 e. The maximum absolute atomic E-state index is 11.7. The highest BCUT2D eigenvalue weighted by atomic mass is 16.5. The van der Waals surface area contributed by atoms with Crippen molar-refractivity contribution in [1.82, 2.24) is 9.80 Å². The zero-order chi connectivity index (χ0) is 10.7. The highest BCUT2D eigenvalue weighted by Crippen LogP contribution is 2.14. The molecule has 0 saturated carbocycles. The first-order valence-corrected chi connectivity index (χ1v) is 5.91. The molecule has 2 rings (SSSR count). The maximum atomic E-state index is 11.7. The monoisotopic (exact) mass is 212 g/mol. The molecule has 1 amide bonds. The lowest BCUT2D eigenvalue weighted by Crippen LogP contribution is -2.51. The molecule has 0 aromatic heterocycles. The minimum Gasteiger partial charge on any atom is -0.377 e. The number of amides is 1. The number of carbonyl (C=O) groups excluding carboxylic acids is 1. The Kier molecular flexibility index (Phi) is 3.59. The van der Waals surface area contributed by atoms with Gasteiger partial charge in [0.25, 0.3) is 0 Å². The number of hydrogen-bond acceptors (Lipinski definition) is 3. The van der Waals surface area contributed by atoms with Crippen LogP contribution in [0.25, 0.3) is 0 Å². The van der Waals surface area contributed by atoms with Crippen LogP contribution in [0.2, 0.25) is 0 Å². The molecule has 0 bridgehead atoms. The third-order valence-corrected chi connectivity index (χ3v) is 3.27. The predicted octanol–water partition coefficient (Wildman–Crippen LogP) is 0.329. The van der Waals surface area contributed by atoms with Crippen molar-refractivity contribution >= 4 is 5.91 Å². The van der Waals surface area contributed by atoms with Crippen LogP contribution in [-0.2, 0) is 9.53 Å². The molecule has 15 heavy (non-hydrogen) atoms. The van der Waals surface area contributed by atoms with Crippen molar-refractivity contribution in [1.29, 1.82) is 0 Å². The first kappa shape index (κ1) is 10.9. The van der Waals surface area contributed by atoms with E-state index in [0.29, 0.717) is 12.6 Å². The number of ether oxygens (including phenoxy) is 1. The summed E-state index contributed by atoms with van der Waals surface area (Å²) < 4.78 is 5.58.